The number of pyridine rings is 1. The van der Waals surface area contributed by atoms with Crippen molar-refractivity contribution >= 4 is 18.3 Å². The van der Waals surface area contributed by atoms with Crippen LogP contribution in [0.4, 0.5) is 0 Å². The SMILES string of the molecule is COCCOCCNC(=O)c1ccnc(CN)c1.Cl. The van der Waals surface area contributed by atoms with Crippen LogP contribution in [0, 0.1) is 0 Å². The summed E-state index contributed by atoms with van der Waals surface area (Å²) in [7, 11) is 1.61. The lowest BCUT2D eigenvalue weighted by molar-refractivity contribution is 0.0692. The van der Waals surface area contributed by atoms with Crippen LogP contribution in [0.15, 0.2) is 18.3 Å². The molecule has 0 aromatic carbocycles. The van der Waals surface area contributed by atoms with E-state index < -0.39 is 0 Å². The first-order chi connectivity index (χ1) is 8.77. The smallest absolute Gasteiger partial charge is 0.251 e. The normalized spacial score (nSPS) is 9.79. The lowest BCUT2D eigenvalue weighted by Crippen LogP contribution is -2.27. The first-order valence-corrected chi connectivity index (χ1v) is 5.77. The van der Waals surface area contributed by atoms with E-state index in [1.54, 1.807) is 25.4 Å². The lowest BCUT2D eigenvalue weighted by atomic mass is 10.2. The van der Waals surface area contributed by atoms with Crippen molar-refractivity contribution in [3.63, 3.8) is 0 Å². The van der Waals surface area contributed by atoms with Crippen LogP contribution < -0.4 is 11.1 Å². The standard InChI is InChI=1S/C12H19N3O3.ClH/c1-17-6-7-18-5-4-15-12(16)10-2-3-14-11(8-10)9-13;/h2-3,8H,4-7,9,13H2,1H3,(H,15,16);1H. The van der Waals surface area contributed by atoms with Gasteiger partial charge in [-0.1, -0.05) is 0 Å². The van der Waals surface area contributed by atoms with Crippen LogP contribution in [0.5, 0.6) is 0 Å². The molecule has 1 aromatic rings. The fourth-order valence-electron chi connectivity index (χ4n) is 1.31. The van der Waals surface area contributed by atoms with E-state index in [0.29, 0.717) is 44.2 Å². The Morgan fingerprint density at radius 3 is 2.89 bits per heavy atom. The maximum absolute atomic E-state index is 11.7. The van der Waals surface area contributed by atoms with E-state index in [2.05, 4.69) is 10.3 Å². The van der Waals surface area contributed by atoms with Crippen molar-refractivity contribution in [1.29, 1.82) is 0 Å². The molecule has 0 fully saturated rings. The summed E-state index contributed by atoms with van der Waals surface area (Å²) in [5, 5.41) is 2.75. The number of nitrogens with zero attached hydrogens (tertiary/aromatic N) is 1. The van der Waals surface area contributed by atoms with Crippen LogP contribution in [0.3, 0.4) is 0 Å². The van der Waals surface area contributed by atoms with Gasteiger partial charge in [0, 0.05) is 32.0 Å². The van der Waals surface area contributed by atoms with Gasteiger partial charge in [0.2, 0.25) is 0 Å². The van der Waals surface area contributed by atoms with Gasteiger partial charge in [-0.2, -0.15) is 0 Å². The molecule has 0 spiro atoms. The van der Waals surface area contributed by atoms with Gasteiger partial charge in [-0.15, -0.1) is 12.4 Å². The Kier molecular flexibility index (Phi) is 10.0. The van der Waals surface area contributed by atoms with Crippen molar-refractivity contribution in [3.05, 3.63) is 29.6 Å². The van der Waals surface area contributed by atoms with Crippen LogP contribution >= 0.6 is 12.4 Å². The second-order valence-electron chi connectivity index (χ2n) is 3.60. The van der Waals surface area contributed by atoms with E-state index >= 15 is 0 Å². The Morgan fingerprint density at radius 2 is 2.21 bits per heavy atom. The first kappa shape index (κ1) is 17.8. The predicted octanol–water partition coefficient (Wildman–Crippen LogP) is 0.355. The van der Waals surface area contributed by atoms with E-state index in [-0.39, 0.29) is 18.3 Å². The number of halogens is 1. The monoisotopic (exact) mass is 289 g/mol. The van der Waals surface area contributed by atoms with Gasteiger partial charge in [-0.05, 0) is 12.1 Å². The Hall–Kier alpha value is -1.21. The molecule has 0 aliphatic rings. The molecule has 0 saturated carbocycles. The molecule has 7 heteroatoms. The van der Waals surface area contributed by atoms with Crippen LogP contribution in [0.1, 0.15) is 16.1 Å². The van der Waals surface area contributed by atoms with Crippen molar-refractivity contribution in [2.45, 2.75) is 6.54 Å². The Balaban J connectivity index is 0.00000324. The van der Waals surface area contributed by atoms with E-state index in [0.717, 1.165) is 0 Å². The maximum Gasteiger partial charge on any atom is 0.251 e. The molecule has 1 aromatic heterocycles. The second-order valence-corrected chi connectivity index (χ2v) is 3.60. The van der Waals surface area contributed by atoms with Gasteiger partial charge in [0.05, 0.1) is 25.5 Å². The summed E-state index contributed by atoms with van der Waals surface area (Å²) in [5.74, 6) is -0.151. The third-order valence-electron chi connectivity index (χ3n) is 2.25. The summed E-state index contributed by atoms with van der Waals surface area (Å²) in [6.45, 7) is 2.32. The average molecular weight is 290 g/mol. The summed E-state index contributed by atoms with van der Waals surface area (Å²) in [5.41, 5.74) is 6.71. The van der Waals surface area contributed by atoms with Gasteiger partial charge >= 0.3 is 0 Å². The largest absolute Gasteiger partial charge is 0.382 e. The molecule has 0 atom stereocenters. The summed E-state index contributed by atoms with van der Waals surface area (Å²) in [6, 6.07) is 3.33. The zero-order valence-corrected chi connectivity index (χ0v) is 11.7. The molecule has 0 aliphatic carbocycles. The molecule has 1 rings (SSSR count). The molecule has 0 unspecified atom stereocenters. The minimum absolute atomic E-state index is 0. The Morgan fingerprint density at radius 1 is 1.42 bits per heavy atom. The molecule has 108 valence electrons. The minimum atomic E-state index is -0.151. The molecular weight excluding hydrogens is 270 g/mol. The van der Waals surface area contributed by atoms with Crippen molar-refractivity contribution in [2.24, 2.45) is 5.73 Å². The molecule has 6 nitrogen and oxygen atoms in total. The van der Waals surface area contributed by atoms with E-state index in [1.165, 1.54) is 0 Å². The zero-order valence-electron chi connectivity index (χ0n) is 10.9. The van der Waals surface area contributed by atoms with E-state index in [9.17, 15) is 4.79 Å². The van der Waals surface area contributed by atoms with Crippen molar-refractivity contribution in [1.82, 2.24) is 10.3 Å². The number of methoxy groups -OCH3 is 1. The van der Waals surface area contributed by atoms with Crippen molar-refractivity contribution < 1.29 is 14.3 Å². The third-order valence-corrected chi connectivity index (χ3v) is 2.25. The van der Waals surface area contributed by atoms with Crippen LogP contribution in [-0.4, -0.2) is 44.4 Å². The summed E-state index contributed by atoms with van der Waals surface area (Å²) >= 11 is 0. The number of amides is 1. The number of aromatic nitrogens is 1. The van der Waals surface area contributed by atoms with Crippen LogP contribution in [-0.2, 0) is 16.0 Å². The van der Waals surface area contributed by atoms with Gasteiger partial charge in [-0.3, -0.25) is 9.78 Å². The highest BCUT2D eigenvalue weighted by atomic mass is 35.5. The summed E-state index contributed by atoms with van der Waals surface area (Å²) in [6.07, 6.45) is 1.58. The Bertz CT molecular complexity index is 377. The molecule has 0 aliphatic heterocycles. The van der Waals surface area contributed by atoms with Gasteiger partial charge in [0.25, 0.3) is 5.91 Å². The number of ether oxygens (including phenoxy) is 2. The molecular formula is C12H20ClN3O3. The fourth-order valence-corrected chi connectivity index (χ4v) is 1.31. The predicted molar refractivity (Wildman–Crippen MR) is 74.4 cm³/mol. The van der Waals surface area contributed by atoms with Gasteiger partial charge in [0.1, 0.15) is 0 Å². The van der Waals surface area contributed by atoms with Gasteiger partial charge in [-0.25, -0.2) is 0 Å². The van der Waals surface area contributed by atoms with Crippen molar-refractivity contribution in [3.8, 4) is 0 Å². The molecule has 0 bridgehead atoms. The fraction of sp³-hybridized carbons (Fsp3) is 0.500. The molecule has 1 amide bonds. The number of hydrogen-bond acceptors (Lipinski definition) is 5. The molecule has 0 saturated heterocycles. The number of hydrogen-bond donors (Lipinski definition) is 2. The molecule has 0 radical (unpaired) electrons. The quantitative estimate of drug-likeness (QED) is 0.675. The highest BCUT2D eigenvalue weighted by Gasteiger charge is 2.05. The molecule has 1 heterocycles. The number of nitrogens with one attached hydrogen (secondary N) is 1. The van der Waals surface area contributed by atoms with E-state index in [1.807, 2.05) is 0 Å². The highest BCUT2D eigenvalue weighted by Crippen LogP contribution is 2.00. The zero-order chi connectivity index (χ0) is 13.2. The van der Waals surface area contributed by atoms with Gasteiger partial charge in [0.15, 0.2) is 0 Å². The average Bonchev–Trinajstić information content (AvgIpc) is 2.42. The maximum atomic E-state index is 11.7. The number of carbonyl (C=O) groups excluding carboxylic acids is 1. The number of rotatable bonds is 8. The van der Waals surface area contributed by atoms with Crippen molar-refractivity contribution in [2.75, 3.05) is 33.5 Å². The minimum Gasteiger partial charge on any atom is -0.382 e. The number of carbonyl (C=O) groups is 1. The molecule has 3 N–H and O–H groups in total. The Labute approximate surface area is 119 Å². The highest BCUT2D eigenvalue weighted by molar-refractivity contribution is 5.94. The third kappa shape index (κ3) is 7.07. The summed E-state index contributed by atoms with van der Waals surface area (Å²) in [4.78, 5) is 15.8. The molecule has 19 heavy (non-hydrogen) atoms. The topological polar surface area (TPSA) is 86.5 Å². The first-order valence-electron chi connectivity index (χ1n) is 5.77. The van der Waals surface area contributed by atoms with Crippen LogP contribution in [0.2, 0.25) is 0 Å². The van der Waals surface area contributed by atoms with Crippen LogP contribution in [0.25, 0.3) is 0 Å². The van der Waals surface area contributed by atoms with Gasteiger partial charge < -0.3 is 20.5 Å². The summed E-state index contributed by atoms with van der Waals surface area (Å²) < 4.78 is 10.1. The lowest BCUT2D eigenvalue weighted by Gasteiger charge is -2.06. The second kappa shape index (κ2) is 10.7. The number of nitrogens with two attached hydrogens (primary N) is 1. The van der Waals surface area contributed by atoms with E-state index in [4.69, 9.17) is 15.2 Å².